The van der Waals surface area contributed by atoms with E-state index in [0.717, 1.165) is 0 Å². The highest BCUT2D eigenvalue weighted by Gasteiger charge is 2.22. The van der Waals surface area contributed by atoms with Crippen LogP contribution in [0, 0.1) is 0 Å². The van der Waals surface area contributed by atoms with Crippen LogP contribution in [0.2, 0.25) is 0 Å². The second-order valence-corrected chi connectivity index (χ2v) is 4.77. The molecule has 0 saturated heterocycles. The number of phosphoric acid groups is 1. The Bertz CT molecular complexity index is 386. The third kappa shape index (κ3) is 56.8. The van der Waals surface area contributed by atoms with Gasteiger partial charge in [0, 0.05) is 0 Å². The summed E-state index contributed by atoms with van der Waals surface area (Å²) in [6, 6.07) is 0. The van der Waals surface area contributed by atoms with Crippen molar-refractivity contribution in [2.45, 2.75) is 0 Å². The molecule has 0 atom stereocenters. The Morgan fingerprint density at radius 3 is 1.13 bits per heavy atom. The Balaban J connectivity index is -0.000000208. The van der Waals surface area contributed by atoms with Gasteiger partial charge < -0.3 is 15.9 Å². The van der Waals surface area contributed by atoms with E-state index in [1.54, 1.807) is 0 Å². The SMILES string of the molecule is N.O=P(O)(O)OS(=O)(=O)O.O=S(=O)(O)O. The molecular formula is H8NO11PS2. The molecule has 0 aromatic rings. The average molecular weight is 293 g/mol. The smallest absolute Gasteiger partial charge is 0.344 e. The second-order valence-electron chi connectivity index (χ2n) is 1.44. The molecule has 15 heteroatoms. The van der Waals surface area contributed by atoms with Crippen LogP contribution in [0.1, 0.15) is 0 Å². The highest BCUT2D eigenvalue weighted by Crippen LogP contribution is 2.37. The zero-order chi connectivity index (χ0) is 12.2. The van der Waals surface area contributed by atoms with Crippen molar-refractivity contribution in [3.8, 4) is 0 Å². The van der Waals surface area contributed by atoms with Gasteiger partial charge in [0.15, 0.2) is 0 Å². The van der Waals surface area contributed by atoms with Crippen molar-refractivity contribution in [3.63, 3.8) is 0 Å². The zero-order valence-electron chi connectivity index (χ0n) is 6.66. The van der Waals surface area contributed by atoms with Gasteiger partial charge in [-0.1, -0.05) is 0 Å². The van der Waals surface area contributed by atoms with Gasteiger partial charge in [-0.2, -0.15) is 16.8 Å². The molecule has 0 heterocycles. The maximum atomic E-state index is 9.58. The fourth-order valence-electron chi connectivity index (χ4n) is 0.123. The molecule has 0 saturated carbocycles. The molecule has 0 rings (SSSR count). The van der Waals surface area contributed by atoms with Gasteiger partial charge in [0.25, 0.3) is 0 Å². The Morgan fingerprint density at radius 1 is 0.933 bits per heavy atom. The van der Waals surface area contributed by atoms with Gasteiger partial charge in [-0.3, -0.25) is 13.7 Å². The highest BCUT2D eigenvalue weighted by atomic mass is 32.3. The largest absolute Gasteiger partial charge is 0.486 e. The molecule has 12 nitrogen and oxygen atoms in total. The summed E-state index contributed by atoms with van der Waals surface area (Å²) >= 11 is 0. The van der Waals surface area contributed by atoms with Crippen LogP contribution in [-0.2, 0) is 29.3 Å². The molecule has 96 valence electrons. The predicted molar refractivity (Wildman–Crippen MR) is 43.9 cm³/mol. The van der Waals surface area contributed by atoms with Gasteiger partial charge >= 0.3 is 28.6 Å². The summed E-state index contributed by atoms with van der Waals surface area (Å²) in [5.41, 5.74) is 0. The second kappa shape index (κ2) is 6.44. The lowest BCUT2D eigenvalue weighted by Gasteiger charge is -1.97. The predicted octanol–water partition coefficient (Wildman–Crippen LogP) is -1.59. The zero-order valence-corrected chi connectivity index (χ0v) is 9.18. The first-order valence-corrected chi connectivity index (χ1v) is 6.44. The van der Waals surface area contributed by atoms with E-state index in [1.807, 2.05) is 0 Å². The number of rotatable bonds is 2. The molecule has 0 aliphatic rings. The van der Waals surface area contributed by atoms with Gasteiger partial charge in [0.2, 0.25) is 0 Å². The third-order valence-electron chi connectivity index (χ3n) is 0.191. The topological polar surface area (TPSA) is 231 Å². The van der Waals surface area contributed by atoms with E-state index in [9.17, 15) is 13.0 Å². The first-order valence-electron chi connectivity index (χ1n) is 2.15. The number of hydrogen-bond donors (Lipinski definition) is 6. The van der Waals surface area contributed by atoms with Crippen LogP contribution in [0.5, 0.6) is 0 Å². The molecule has 0 aromatic heterocycles. The summed E-state index contributed by atoms with van der Waals surface area (Å²) in [5.74, 6) is 0. The molecule has 8 N–H and O–H groups in total. The van der Waals surface area contributed by atoms with Crippen LogP contribution in [0.3, 0.4) is 0 Å². The van der Waals surface area contributed by atoms with Crippen molar-refractivity contribution in [2.75, 3.05) is 0 Å². The van der Waals surface area contributed by atoms with E-state index < -0.39 is 28.6 Å². The maximum absolute atomic E-state index is 9.58. The van der Waals surface area contributed by atoms with E-state index in [2.05, 4.69) is 3.97 Å². The van der Waals surface area contributed by atoms with Gasteiger partial charge in [0.1, 0.15) is 0 Å². The van der Waals surface area contributed by atoms with Crippen LogP contribution < -0.4 is 6.15 Å². The average Bonchev–Trinajstić information content (AvgIpc) is 1.42. The molecule has 0 unspecified atom stereocenters. The molecule has 0 spiro atoms. The van der Waals surface area contributed by atoms with E-state index in [4.69, 9.17) is 31.9 Å². The summed E-state index contributed by atoms with van der Waals surface area (Å²) in [5, 5.41) is 0. The standard InChI is InChI=1S/H3N.H3O7PS.H2O4S/c;1-8(2,3)7-9(4,5)6;1-5(2,3)4/h1H3;(H2,1,2,3)(H,4,5,6);(H2,1,2,3,4). The normalized spacial score (nSPS) is 12.1. The molecule has 0 bridgehead atoms. The van der Waals surface area contributed by atoms with Crippen LogP contribution in [-0.4, -0.2) is 40.3 Å². The highest BCUT2D eigenvalue weighted by molar-refractivity contribution is 7.85. The summed E-state index contributed by atoms with van der Waals surface area (Å²) in [6.45, 7) is 0. The van der Waals surface area contributed by atoms with Crippen molar-refractivity contribution in [3.05, 3.63) is 0 Å². The Kier molecular flexibility index (Phi) is 8.70. The molecule has 0 radical (unpaired) electrons. The van der Waals surface area contributed by atoms with Crippen molar-refractivity contribution < 1.29 is 48.8 Å². The Morgan fingerprint density at radius 2 is 1.13 bits per heavy atom. The lowest BCUT2D eigenvalue weighted by molar-refractivity contribution is 0.268. The fraction of sp³-hybridized carbons (Fsp3) is 0. The summed E-state index contributed by atoms with van der Waals surface area (Å²) < 4.78 is 70.6. The van der Waals surface area contributed by atoms with Gasteiger partial charge in [-0.05, 0) is 0 Å². The van der Waals surface area contributed by atoms with E-state index in [1.165, 1.54) is 0 Å². The Hall–Kier alpha value is -0.150. The summed E-state index contributed by atoms with van der Waals surface area (Å²) in [6.07, 6.45) is 0. The minimum atomic E-state index is -5.13. The first kappa shape index (κ1) is 20.3. The van der Waals surface area contributed by atoms with Crippen molar-refractivity contribution in [2.24, 2.45) is 0 Å². The van der Waals surface area contributed by atoms with Crippen molar-refractivity contribution in [1.82, 2.24) is 6.15 Å². The van der Waals surface area contributed by atoms with E-state index in [-0.39, 0.29) is 6.15 Å². The molecular weight excluding hydrogens is 285 g/mol. The lowest BCUT2D eigenvalue weighted by atomic mass is 14.0. The molecule has 0 fully saturated rings. The molecule has 0 amide bonds. The summed E-state index contributed by atoms with van der Waals surface area (Å²) in [4.78, 5) is 15.4. The molecule has 0 aromatic carbocycles. The first-order chi connectivity index (χ1) is 5.71. The van der Waals surface area contributed by atoms with Crippen molar-refractivity contribution in [1.29, 1.82) is 0 Å². The van der Waals surface area contributed by atoms with Crippen LogP contribution in [0.25, 0.3) is 0 Å². The molecule has 0 aliphatic carbocycles. The van der Waals surface area contributed by atoms with Crippen LogP contribution in [0.4, 0.5) is 0 Å². The third-order valence-corrected chi connectivity index (χ3v) is 1.72. The van der Waals surface area contributed by atoms with Gasteiger partial charge in [-0.15, -0.1) is 3.97 Å². The van der Waals surface area contributed by atoms with Gasteiger partial charge in [-0.25, -0.2) is 4.57 Å². The van der Waals surface area contributed by atoms with E-state index in [0.29, 0.717) is 0 Å². The van der Waals surface area contributed by atoms with Gasteiger partial charge in [0.05, 0.1) is 0 Å². The van der Waals surface area contributed by atoms with Crippen molar-refractivity contribution >= 4 is 28.6 Å². The minimum Gasteiger partial charge on any atom is -0.344 e. The van der Waals surface area contributed by atoms with Crippen LogP contribution >= 0.6 is 7.82 Å². The lowest BCUT2D eigenvalue weighted by Crippen LogP contribution is -2.00. The minimum absolute atomic E-state index is 0. The monoisotopic (exact) mass is 293 g/mol. The van der Waals surface area contributed by atoms with Crippen LogP contribution in [0.15, 0.2) is 0 Å². The summed E-state index contributed by atoms with van der Waals surface area (Å²) in [7, 11) is -14.8. The molecule has 0 aliphatic heterocycles. The maximum Gasteiger partial charge on any atom is 0.486 e. The fourth-order valence-corrected chi connectivity index (χ4v) is 1.10. The Labute approximate surface area is 84.2 Å². The number of hydrogen-bond acceptors (Lipinski definition) is 7. The van der Waals surface area contributed by atoms with E-state index >= 15 is 0 Å². The molecule has 15 heavy (non-hydrogen) atoms. The quantitative estimate of drug-likeness (QED) is 0.249.